The van der Waals surface area contributed by atoms with Crippen LogP contribution < -0.4 is 0 Å². The van der Waals surface area contributed by atoms with Crippen molar-refractivity contribution in [3.63, 3.8) is 0 Å². The van der Waals surface area contributed by atoms with E-state index < -0.39 is 0 Å². The molecule has 0 heterocycles. The van der Waals surface area contributed by atoms with Crippen LogP contribution in [0.25, 0.3) is 0 Å². The molecule has 0 rings (SSSR count). The van der Waals surface area contributed by atoms with Gasteiger partial charge in [0.2, 0.25) is 0 Å². The van der Waals surface area contributed by atoms with Gasteiger partial charge in [0.15, 0.2) is 0 Å². The van der Waals surface area contributed by atoms with Gasteiger partial charge >= 0.3 is 0 Å². The summed E-state index contributed by atoms with van der Waals surface area (Å²) in [6, 6.07) is 0. The Morgan fingerprint density at radius 1 is 1.45 bits per heavy atom. The lowest BCUT2D eigenvalue weighted by Crippen LogP contribution is -2.17. The van der Waals surface area contributed by atoms with E-state index >= 15 is 0 Å². The molecule has 0 unspecified atom stereocenters. The molecule has 3 heteroatoms. The summed E-state index contributed by atoms with van der Waals surface area (Å²) in [5, 5.41) is 4.79. The molecule has 66 valence electrons. The standard InChI is InChI=1S/C8H16BrNO/c1-5-7(6-9)10-11-8(2,3)4/h5-6H2,1-4H3/b10-7-. The monoisotopic (exact) mass is 221 g/mol. The third-order valence-electron chi connectivity index (χ3n) is 1.01. The van der Waals surface area contributed by atoms with Crippen molar-refractivity contribution in [3.8, 4) is 0 Å². The third kappa shape index (κ3) is 6.35. The minimum atomic E-state index is -0.178. The molecule has 0 aromatic carbocycles. The molecule has 0 aliphatic carbocycles. The van der Waals surface area contributed by atoms with E-state index in [1.807, 2.05) is 20.8 Å². The first-order chi connectivity index (χ1) is 4.99. The van der Waals surface area contributed by atoms with Gasteiger partial charge in [0, 0.05) is 5.33 Å². The first-order valence-electron chi connectivity index (χ1n) is 3.79. The molecule has 0 fully saturated rings. The quantitative estimate of drug-likeness (QED) is 0.408. The van der Waals surface area contributed by atoms with Crippen LogP contribution in [0.4, 0.5) is 0 Å². The lowest BCUT2D eigenvalue weighted by molar-refractivity contribution is 0.000580. The molecular formula is C8H16BrNO. The molecule has 0 aromatic heterocycles. The van der Waals surface area contributed by atoms with Gasteiger partial charge in [0.1, 0.15) is 5.60 Å². The van der Waals surface area contributed by atoms with Crippen molar-refractivity contribution in [2.45, 2.75) is 39.7 Å². The summed E-state index contributed by atoms with van der Waals surface area (Å²) in [6.07, 6.45) is 0.932. The molecule has 0 bridgehead atoms. The van der Waals surface area contributed by atoms with Crippen LogP contribution >= 0.6 is 15.9 Å². The highest BCUT2D eigenvalue weighted by molar-refractivity contribution is 9.09. The van der Waals surface area contributed by atoms with Crippen LogP contribution in [0.5, 0.6) is 0 Å². The SMILES string of the molecule is CC/C(CBr)=N/OC(C)(C)C. The topological polar surface area (TPSA) is 21.6 Å². The Bertz CT molecular complexity index is 132. The second kappa shape index (κ2) is 4.75. The smallest absolute Gasteiger partial charge is 0.129 e. The van der Waals surface area contributed by atoms with Crippen molar-refractivity contribution >= 4 is 21.6 Å². The molecule has 0 N–H and O–H groups in total. The summed E-state index contributed by atoms with van der Waals surface area (Å²) in [4.78, 5) is 5.23. The van der Waals surface area contributed by atoms with Crippen LogP contribution in [-0.2, 0) is 4.84 Å². The fourth-order valence-corrected chi connectivity index (χ4v) is 0.884. The van der Waals surface area contributed by atoms with Crippen molar-refractivity contribution in [2.75, 3.05) is 5.33 Å². The van der Waals surface area contributed by atoms with Gasteiger partial charge < -0.3 is 4.84 Å². The zero-order valence-corrected chi connectivity index (χ0v) is 9.23. The zero-order valence-electron chi connectivity index (χ0n) is 7.65. The van der Waals surface area contributed by atoms with Crippen LogP contribution in [0.3, 0.4) is 0 Å². The van der Waals surface area contributed by atoms with Crippen molar-refractivity contribution < 1.29 is 4.84 Å². The van der Waals surface area contributed by atoms with E-state index in [4.69, 9.17) is 4.84 Å². The molecule has 0 amide bonds. The van der Waals surface area contributed by atoms with Gasteiger partial charge in [0.05, 0.1) is 5.71 Å². The Morgan fingerprint density at radius 3 is 2.27 bits per heavy atom. The van der Waals surface area contributed by atoms with Crippen LogP contribution in [0.1, 0.15) is 34.1 Å². The Morgan fingerprint density at radius 2 is 2.00 bits per heavy atom. The maximum atomic E-state index is 5.23. The largest absolute Gasteiger partial charge is 0.390 e. The molecule has 0 radical (unpaired) electrons. The van der Waals surface area contributed by atoms with E-state index in [-0.39, 0.29) is 5.60 Å². The number of rotatable bonds is 3. The number of halogens is 1. The maximum Gasteiger partial charge on any atom is 0.129 e. The van der Waals surface area contributed by atoms with Gasteiger partial charge in [-0.25, -0.2) is 0 Å². The third-order valence-corrected chi connectivity index (χ3v) is 1.66. The Hall–Kier alpha value is -0.0500. The van der Waals surface area contributed by atoms with Crippen LogP contribution in [-0.4, -0.2) is 16.6 Å². The highest BCUT2D eigenvalue weighted by Crippen LogP contribution is 2.07. The molecule has 0 saturated carbocycles. The second-order valence-corrected chi connectivity index (χ2v) is 3.91. The van der Waals surface area contributed by atoms with Gasteiger partial charge in [-0.05, 0) is 27.2 Å². The van der Waals surface area contributed by atoms with Crippen molar-refractivity contribution in [3.05, 3.63) is 0 Å². The minimum Gasteiger partial charge on any atom is -0.390 e. The average molecular weight is 222 g/mol. The van der Waals surface area contributed by atoms with E-state index in [0.29, 0.717) is 0 Å². The fraction of sp³-hybridized carbons (Fsp3) is 0.875. The van der Waals surface area contributed by atoms with Crippen LogP contribution in [0.15, 0.2) is 5.16 Å². The summed E-state index contributed by atoms with van der Waals surface area (Å²) in [7, 11) is 0. The molecule has 0 aliphatic heterocycles. The first kappa shape index (κ1) is 11.0. The fourth-order valence-electron chi connectivity index (χ4n) is 0.385. The van der Waals surface area contributed by atoms with Crippen molar-refractivity contribution in [1.29, 1.82) is 0 Å². The summed E-state index contributed by atoms with van der Waals surface area (Å²) in [5.41, 5.74) is 0.864. The van der Waals surface area contributed by atoms with Gasteiger partial charge in [-0.3, -0.25) is 0 Å². The number of hydrogen-bond donors (Lipinski definition) is 0. The normalized spacial score (nSPS) is 13.4. The van der Waals surface area contributed by atoms with E-state index in [2.05, 4.69) is 28.0 Å². The van der Waals surface area contributed by atoms with E-state index in [1.165, 1.54) is 0 Å². The molecule has 11 heavy (non-hydrogen) atoms. The van der Waals surface area contributed by atoms with E-state index in [1.54, 1.807) is 0 Å². The predicted molar refractivity (Wildman–Crippen MR) is 52.4 cm³/mol. The Kier molecular flexibility index (Phi) is 4.73. The van der Waals surface area contributed by atoms with Crippen molar-refractivity contribution in [1.82, 2.24) is 0 Å². The summed E-state index contributed by atoms with van der Waals surface area (Å²) < 4.78 is 0. The molecule has 0 atom stereocenters. The minimum absolute atomic E-state index is 0.178. The Balaban J connectivity index is 3.89. The molecular weight excluding hydrogens is 206 g/mol. The Labute approximate surface area is 77.1 Å². The second-order valence-electron chi connectivity index (χ2n) is 3.35. The van der Waals surface area contributed by atoms with E-state index in [0.717, 1.165) is 17.5 Å². The lowest BCUT2D eigenvalue weighted by atomic mass is 10.2. The van der Waals surface area contributed by atoms with Gasteiger partial charge in [-0.2, -0.15) is 0 Å². The van der Waals surface area contributed by atoms with Gasteiger partial charge in [-0.1, -0.05) is 28.0 Å². The van der Waals surface area contributed by atoms with Crippen LogP contribution in [0, 0.1) is 0 Å². The number of nitrogens with zero attached hydrogens (tertiary/aromatic N) is 1. The van der Waals surface area contributed by atoms with Gasteiger partial charge in [0.25, 0.3) is 0 Å². The predicted octanol–water partition coefficient (Wildman–Crippen LogP) is 2.96. The highest BCUT2D eigenvalue weighted by Gasteiger charge is 2.10. The lowest BCUT2D eigenvalue weighted by Gasteiger charge is -2.16. The molecule has 0 spiro atoms. The number of alkyl halides is 1. The van der Waals surface area contributed by atoms with E-state index in [9.17, 15) is 0 Å². The zero-order chi connectivity index (χ0) is 8.91. The molecule has 0 aromatic rings. The molecule has 0 aliphatic rings. The summed E-state index contributed by atoms with van der Waals surface area (Å²) in [6.45, 7) is 8.01. The molecule has 0 saturated heterocycles. The maximum absolute atomic E-state index is 5.23. The summed E-state index contributed by atoms with van der Waals surface area (Å²) >= 11 is 3.33. The number of oxime groups is 1. The van der Waals surface area contributed by atoms with Gasteiger partial charge in [-0.15, -0.1) is 0 Å². The summed E-state index contributed by atoms with van der Waals surface area (Å²) in [5.74, 6) is 0. The van der Waals surface area contributed by atoms with Crippen LogP contribution in [0.2, 0.25) is 0 Å². The highest BCUT2D eigenvalue weighted by atomic mass is 79.9. The molecule has 2 nitrogen and oxygen atoms in total. The number of hydrogen-bond acceptors (Lipinski definition) is 2. The average Bonchev–Trinajstić information content (AvgIpc) is 1.88. The first-order valence-corrected chi connectivity index (χ1v) is 4.91. The van der Waals surface area contributed by atoms with Crippen molar-refractivity contribution in [2.24, 2.45) is 5.16 Å².